The van der Waals surface area contributed by atoms with Crippen molar-refractivity contribution in [1.29, 1.82) is 5.26 Å². The zero-order valence-corrected chi connectivity index (χ0v) is 9.04. The van der Waals surface area contributed by atoms with Gasteiger partial charge >= 0.3 is 12.6 Å². The van der Waals surface area contributed by atoms with Crippen molar-refractivity contribution in [2.75, 3.05) is 0 Å². The van der Waals surface area contributed by atoms with Crippen molar-refractivity contribution < 1.29 is 23.4 Å². The molecule has 0 atom stereocenters. The van der Waals surface area contributed by atoms with Gasteiger partial charge < -0.3 is 9.84 Å². The van der Waals surface area contributed by atoms with E-state index in [2.05, 4.69) is 4.74 Å². The van der Waals surface area contributed by atoms with E-state index in [0.717, 1.165) is 0 Å². The van der Waals surface area contributed by atoms with E-state index in [9.17, 15) is 13.6 Å². The first-order chi connectivity index (χ1) is 8.01. The fourth-order valence-electron chi connectivity index (χ4n) is 1.27. The van der Waals surface area contributed by atoms with Crippen LogP contribution in [0.1, 0.15) is 21.5 Å². The van der Waals surface area contributed by atoms with Crippen molar-refractivity contribution in [2.45, 2.75) is 12.5 Å². The SMILES string of the molecule is N#Cc1ccc(CCl)c(C(=O)O)c1OC(F)F. The second kappa shape index (κ2) is 5.46. The predicted octanol–water partition coefficient (Wildman–Crippen LogP) is 2.60. The second-order valence-electron chi connectivity index (χ2n) is 2.91. The number of aromatic carboxylic acids is 1. The lowest BCUT2D eigenvalue weighted by Gasteiger charge is -2.12. The first-order valence-corrected chi connectivity index (χ1v) is 4.84. The van der Waals surface area contributed by atoms with Gasteiger partial charge in [0.25, 0.3) is 0 Å². The Labute approximate surface area is 100.0 Å². The summed E-state index contributed by atoms with van der Waals surface area (Å²) in [7, 11) is 0. The Balaban J connectivity index is 3.48. The highest BCUT2D eigenvalue weighted by Gasteiger charge is 2.22. The van der Waals surface area contributed by atoms with Crippen LogP contribution in [0.4, 0.5) is 8.78 Å². The zero-order chi connectivity index (χ0) is 13.0. The number of carboxylic acid groups (broad SMARTS) is 1. The number of hydrogen-bond acceptors (Lipinski definition) is 3. The lowest BCUT2D eigenvalue weighted by atomic mass is 10.0. The average Bonchev–Trinajstić information content (AvgIpc) is 2.27. The van der Waals surface area contributed by atoms with Crippen molar-refractivity contribution in [1.82, 2.24) is 0 Å². The molecule has 0 radical (unpaired) electrons. The average molecular weight is 262 g/mol. The molecule has 0 amide bonds. The Morgan fingerprint density at radius 2 is 2.24 bits per heavy atom. The van der Waals surface area contributed by atoms with E-state index in [4.69, 9.17) is 22.0 Å². The number of carbonyl (C=O) groups is 1. The van der Waals surface area contributed by atoms with Gasteiger partial charge in [0.2, 0.25) is 0 Å². The third-order valence-corrected chi connectivity index (χ3v) is 2.22. The number of halogens is 3. The molecule has 0 fully saturated rings. The third kappa shape index (κ3) is 2.82. The number of carboxylic acids is 1. The van der Waals surface area contributed by atoms with Gasteiger partial charge in [-0.2, -0.15) is 14.0 Å². The van der Waals surface area contributed by atoms with Crippen molar-refractivity contribution in [3.8, 4) is 11.8 Å². The van der Waals surface area contributed by atoms with Crippen LogP contribution in [0, 0.1) is 11.3 Å². The van der Waals surface area contributed by atoms with Gasteiger partial charge in [0.15, 0.2) is 5.75 Å². The minimum Gasteiger partial charge on any atom is -0.478 e. The minimum absolute atomic E-state index is 0.105. The Bertz CT molecular complexity index is 485. The molecule has 1 aromatic rings. The maximum atomic E-state index is 12.2. The van der Waals surface area contributed by atoms with Crippen LogP contribution in [0.3, 0.4) is 0 Å². The molecule has 1 N–H and O–H groups in total. The van der Waals surface area contributed by atoms with Crippen LogP contribution in [0.5, 0.6) is 5.75 Å². The number of nitrogens with zero attached hydrogens (tertiary/aromatic N) is 1. The summed E-state index contributed by atoms with van der Waals surface area (Å²) in [5.41, 5.74) is -0.690. The lowest BCUT2D eigenvalue weighted by molar-refractivity contribution is -0.0505. The smallest absolute Gasteiger partial charge is 0.387 e. The first-order valence-electron chi connectivity index (χ1n) is 4.31. The topological polar surface area (TPSA) is 70.3 Å². The second-order valence-corrected chi connectivity index (χ2v) is 3.17. The fourth-order valence-corrected chi connectivity index (χ4v) is 1.49. The Morgan fingerprint density at radius 1 is 1.59 bits per heavy atom. The molecule has 0 unspecified atom stereocenters. The van der Waals surface area contributed by atoms with Crippen LogP contribution in [0.25, 0.3) is 0 Å². The van der Waals surface area contributed by atoms with E-state index in [1.165, 1.54) is 12.1 Å². The molecule has 0 saturated heterocycles. The molecule has 0 aromatic heterocycles. The number of rotatable bonds is 4. The van der Waals surface area contributed by atoms with Crippen LogP contribution < -0.4 is 4.74 Å². The highest BCUT2D eigenvalue weighted by Crippen LogP contribution is 2.29. The minimum atomic E-state index is -3.22. The largest absolute Gasteiger partial charge is 0.478 e. The first kappa shape index (κ1) is 13.2. The van der Waals surface area contributed by atoms with Crippen molar-refractivity contribution >= 4 is 17.6 Å². The highest BCUT2D eigenvalue weighted by atomic mass is 35.5. The van der Waals surface area contributed by atoms with Gasteiger partial charge in [-0.05, 0) is 11.6 Å². The molecule has 0 bridgehead atoms. The summed E-state index contributed by atoms with van der Waals surface area (Å²) in [4.78, 5) is 11.0. The number of benzene rings is 1. The highest BCUT2D eigenvalue weighted by molar-refractivity contribution is 6.17. The van der Waals surface area contributed by atoms with Crippen LogP contribution in [0.15, 0.2) is 12.1 Å². The van der Waals surface area contributed by atoms with Gasteiger partial charge in [0, 0.05) is 5.88 Å². The van der Waals surface area contributed by atoms with E-state index in [1.54, 1.807) is 6.07 Å². The van der Waals surface area contributed by atoms with Crippen LogP contribution >= 0.6 is 11.6 Å². The van der Waals surface area contributed by atoms with Crippen LogP contribution in [0.2, 0.25) is 0 Å². The summed E-state index contributed by atoms with van der Waals surface area (Å²) >= 11 is 5.49. The van der Waals surface area contributed by atoms with E-state index in [1.807, 2.05) is 0 Å². The van der Waals surface area contributed by atoms with Crippen LogP contribution in [-0.4, -0.2) is 17.7 Å². The summed E-state index contributed by atoms with van der Waals surface area (Å²) in [6, 6.07) is 4.05. The summed E-state index contributed by atoms with van der Waals surface area (Å²) in [5, 5.41) is 17.6. The molecule has 4 nitrogen and oxygen atoms in total. The van der Waals surface area contributed by atoms with Gasteiger partial charge in [0.05, 0.1) is 5.56 Å². The van der Waals surface area contributed by atoms with Gasteiger partial charge in [-0.3, -0.25) is 0 Å². The molecule has 0 spiro atoms. The Kier molecular flexibility index (Phi) is 4.24. The van der Waals surface area contributed by atoms with Gasteiger partial charge in [-0.15, -0.1) is 11.6 Å². The molecular weight excluding hydrogens is 256 g/mol. The molecule has 0 heterocycles. The van der Waals surface area contributed by atoms with Gasteiger partial charge in [0.1, 0.15) is 11.6 Å². The van der Waals surface area contributed by atoms with E-state index >= 15 is 0 Å². The molecule has 1 aromatic carbocycles. The zero-order valence-electron chi connectivity index (χ0n) is 8.28. The number of alkyl halides is 3. The van der Waals surface area contributed by atoms with Crippen LogP contribution in [-0.2, 0) is 5.88 Å². The summed E-state index contributed by atoms with van der Waals surface area (Å²) in [6.45, 7) is -3.22. The van der Waals surface area contributed by atoms with Gasteiger partial charge in [-0.1, -0.05) is 6.07 Å². The monoisotopic (exact) mass is 261 g/mol. The van der Waals surface area contributed by atoms with Crippen molar-refractivity contribution in [2.24, 2.45) is 0 Å². The van der Waals surface area contributed by atoms with E-state index in [-0.39, 0.29) is 17.0 Å². The maximum absolute atomic E-state index is 12.2. The van der Waals surface area contributed by atoms with Gasteiger partial charge in [-0.25, -0.2) is 4.79 Å². The van der Waals surface area contributed by atoms with Crippen molar-refractivity contribution in [3.63, 3.8) is 0 Å². The molecule has 0 aliphatic rings. The summed E-state index contributed by atoms with van der Waals surface area (Å²) < 4.78 is 28.4. The number of ether oxygens (including phenoxy) is 1. The summed E-state index contributed by atoms with van der Waals surface area (Å²) in [5.74, 6) is -2.33. The van der Waals surface area contributed by atoms with E-state index in [0.29, 0.717) is 0 Å². The normalized spacial score (nSPS) is 10.1. The van der Waals surface area contributed by atoms with Crippen molar-refractivity contribution in [3.05, 3.63) is 28.8 Å². The predicted molar refractivity (Wildman–Crippen MR) is 54.3 cm³/mol. The molecule has 0 aliphatic carbocycles. The lowest BCUT2D eigenvalue weighted by Crippen LogP contribution is -2.11. The molecule has 17 heavy (non-hydrogen) atoms. The van der Waals surface area contributed by atoms with E-state index < -0.39 is 23.9 Å². The third-order valence-electron chi connectivity index (χ3n) is 1.93. The number of hydrogen-bond donors (Lipinski definition) is 1. The molecule has 0 aliphatic heterocycles. The quantitative estimate of drug-likeness (QED) is 0.846. The summed E-state index contributed by atoms with van der Waals surface area (Å²) in [6.07, 6.45) is 0. The fraction of sp³-hybridized carbons (Fsp3) is 0.200. The Hall–Kier alpha value is -1.87. The standard InChI is InChI=1S/C10H6ClF2NO3/c11-3-5-1-2-6(4-14)8(17-10(12)13)7(5)9(15)16/h1-2,10H,3H2,(H,15,16). The number of nitriles is 1. The molecule has 1 rings (SSSR count). The molecule has 0 saturated carbocycles. The molecule has 90 valence electrons. The molecule has 7 heteroatoms. The maximum Gasteiger partial charge on any atom is 0.387 e. The molecular formula is C10H6ClF2NO3. The Morgan fingerprint density at radius 3 is 2.65 bits per heavy atom.